The van der Waals surface area contributed by atoms with Crippen LogP contribution in [0.2, 0.25) is 0 Å². The van der Waals surface area contributed by atoms with E-state index in [2.05, 4.69) is 26.1 Å². The number of anilines is 1. The lowest BCUT2D eigenvalue weighted by Crippen LogP contribution is -2.38. The molecule has 0 atom stereocenters. The number of rotatable bonds is 4. The second kappa shape index (κ2) is 6.81. The molecule has 0 radical (unpaired) electrons. The van der Waals surface area contributed by atoms with Gasteiger partial charge in [0, 0.05) is 17.9 Å². The number of benzene rings is 1. The zero-order valence-corrected chi connectivity index (χ0v) is 12.3. The number of hydrazine groups is 1. The maximum absolute atomic E-state index is 5.18. The van der Waals surface area contributed by atoms with E-state index in [-0.39, 0.29) is 0 Å². The summed E-state index contributed by atoms with van der Waals surface area (Å²) in [6.45, 7) is 4.51. The van der Waals surface area contributed by atoms with Crippen LogP contribution < -0.4 is 16.2 Å². The summed E-state index contributed by atoms with van der Waals surface area (Å²) in [6.07, 6.45) is 0. The molecule has 0 saturated heterocycles. The number of nitrogens with one attached hydrogen (secondary N) is 3. The van der Waals surface area contributed by atoms with E-state index in [4.69, 9.17) is 12.2 Å². The van der Waals surface area contributed by atoms with Gasteiger partial charge >= 0.3 is 0 Å². The third kappa shape index (κ3) is 4.47. The molecule has 6 heteroatoms. The molecular weight excluding hydrogens is 270 g/mol. The summed E-state index contributed by atoms with van der Waals surface area (Å²) in [5.74, 6) is 0.506. The van der Waals surface area contributed by atoms with Crippen molar-refractivity contribution in [3.63, 3.8) is 0 Å². The van der Waals surface area contributed by atoms with Crippen LogP contribution in [-0.2, 0) is 6.54 Å². The number of hydrogen-bond donors (Lipinski definition) is 3. The smallest absolute Gasteiger partial charge is 0.242 e. The molecule has 0 aliphatic rings. The van der Waals surface area contributed by atoms with Crippen LogP contribution >= 0.6 is 12.2 Å². The molecule has 0 aliphatic carbocycles. The van der Waals surface area contributed by atoms with Gasteiger partial charge in [-0.3, -0.25) is 10.9 Å². The van der Waals surface area contributed by atoms with Crippen molar-refractivity contribution >= 4 is 23.3 Å². The van der Waals surface area contributed by atoms with Crippen LogP contribution in [0.25, 0.3) is 0 Å². The molecule has 0 spiro atoms. The molecule has 0 fully saturated rings. The van der Waals surface area contributed by atoms with Gasteiger partial charge in [-0.05, 0) is 37.7 Å². The molecule has 104 valence electrons. The molecule has 1 aromatic carbocycles. The topological polar surface area (TPSA) is 61.9 Å². The van der Waals surface area contributed by atoms with E-state index in [9.17, 15) is 0 Å². The Labute approximate surface area is 123 Å². The predicted molar refractivity (Wildman–Crippen MR) is 84.1 cm³/mol. The molecule has 3 N–H and O–H groups in total. The van der Waals surface area contributed by atoms with E-state index in [1.54, 1.807) is 0 Å². The minimum Gasteiger partial charge on any atom is -0.357 e. The van der Waals surface area contributed by atoms with Crippen LogP contribution in [0, 0.1) is 13.8 Å². The van der Waals surface area contributed by atoms with Crippen molar-refractivity contribution in [3.05, 3.63) is 53.3 Å². The van der Waals surface area contributed by atoms with Crippen LogP contribution in [0.1, 0.15) is 17.0 Å². The molecule has 0 saturated carbocycles. The number of hydrogen-bond acceptors (Lipinski definition) is 4. The number of aryl methyl sites for hydroxylation is 2. The first-order valence-corrected chi connectivity index (χ1v) is 6.70. The highest BCUT2D eigenvalue weighted by Crippen LogP contribution is 2.02. The fraction of sp³-hybridized carbons (Fsp3) is 0.214. The van der Waals surface area contributed by atoms with Crippen molar-refractivity contribution < 1.29 is 0 Å². The molecule has 2 aromatic rings. The van der Waals surface area contributed by atoms with Gasteiger partial charge in [0.15, 0.2) is 5.11 Å². The van der Waals surface area contributed by atoms with Gasteiger partial charge < -0.3 is 5.32 Å². The van der Waals surface area contributed by atoms with E-state index in [0.717, 1.165) is 11.4 Å². The van der Waals surface area contributed by atoms with Crippen LogP contribution in [0.4, 0.5) is 5.95 Å². The third-order valence-corrected chi connectivity index (χ3v) is 2.81. The fourth-order valence-corrected chi connectivity index (χ4v) is 1.84. The molecule has 2 rings (SSSR count). The van der Waals surface area contributed by atoms with E-state index in [0.29, 0.717) is 17.6 Å². The highest BCUT2D eigenvalue weighted by molar-refractivity contribution is 7.80. The highest BCUT2D eigenvalue weighted by Gasteiger charge is 2.00. The summed E-state index contributed by atoms with van der Waals surface area (Å²) >= 11 is 5.18. The normalized spacial score (nSPS) is 9.90. The first-order valence-electron chi connectivity index (χ1n) is 6.29. The Bertz CT molecular complexity index is 565. The molecule has 1 aromatic heterocycles. The van der Waals surface area contributed by atoms with Gasteiger partial charge in [-0.25, -0.2) is 9.97 Å². The van der Waals surface area contributed by atoms with Gasteiger partial charge in [0.1, 0.15) is 0 Å². The second-order valence-electron chi connectivity index (χ2n) is 4.39. The summed E-state index contributed by atoms with van der Waals surface area (Å²) in [4.78, 5) is 8.50. The Kier molecular flexibility index (Phi) is 4.84. The Morgan fingerprint density at radius 1 is 1.10 bits per heavy atom. The average molecular weight is 287 g/mol. The van der Waals surface area contributed by atoms with Gasteiger partial charge in [0.25, 0.3) is 0 Å². The molecule has 0 bridgehead atoms. The average Bonchev–Trinajstić information content (AvgIpc) is 2.43. The SMILES string of the molecule is Cc1cc(C)nc(NNC(=S)NCc2ccccc2)n1. The first-order chi connectivity index (χ1) is 9.63. The van der Waals surface area contributed by atoms with Gasteiger partial charge in [-0.1, -0.05) is 30.3 Å². The summed E-state index contributed by atoms with van der Waals surface area (Å²) in [5, 5.41) is 3.60. The summed E-state index contributed by atoms with van der Waals surface area (Å²) < 4.78 is 0. The van der Waals surface area contributed by atoms with Crippen LogP contribution in [0.3, 0.4) is 0 Å². The lowest BCUT2D eigenvalue weighted by atomic mass is 10.2. The molecule has 0 aliphatic heterocycles. The number of nitrogens with zero attached hydrogens (tertiary/aromatic N) is 2. The molecule has 5 nitrogen and oxygen atoms in total. The van der Waals surface area contributed by atoms with Crippen molar-refractivity contribution in [2.24, 2.45) is 0 Å². The van der Waals surface area contributed by atoms with Crippen molar-refractivity contribution in [2.45, 2.75) is 20.4 Å². The van der Waals surface area contributed by atoms with Crippen molar-refractivity contribution in [3.8, 4) is 0 Å². The van der Waals surface area contributed by atoms with Crippen LogP contribution in [0.5, 0.6) is 0 Å². The van der Waals surface area contributed by atoms with E-state index >= 15 is 0 Å². The quantitative estimate of drug-likeness (QED) is 0.591. The molecule has 0 amide bonds. The predicted octanol–water partition coefficient (Wildman–Crippen LogP) is 2.08. The van der Waals surface area contributed by atoms with Crippen molar-refractivity contribution in [1.29, 1.82) is 0 Å². The van der Waals surface area contributed by atoms with Gasteiger partial charge in [-0.15, -0.1) is 0 Å². The lowest BCUT2D eigenvalue weighted by Gasteiger charge is -2.12. The number of aromatic nitrogens is 2. The molecule has 20 heavy (non-hydrogen) atoms. The third-order valence-electron chi connectivity index (χ3n) is 2.57. The minimum atomic E-state index is 0.497. The molecule has 0 unspecified atom stereocenters. The van der Waals surface area contributed by atoms with E-state index < -0.39 is 0 Å². The Balaban J connectivity index is 1.80. The van der Waals surface area contributed by atoms with Crippen molar-refractivity contribution in [2.75, 3.05) is 5.43 Å². The maximum Gasteiger partial charge on any atom is 0.242 e. The van der Waals surface area contributed by atoms with Gasteiger partial charge in [-0.2, -0.15) is 0 Å². The Morgan fingerprint density at radius 2 is 1.75 bits per heavy atom. The van der Waals surface area contributed by atoms with Gasteiger partial charge in [0.2, 0.25) is 5.95 Å². The molecular formula is C14H17N5S. The monoisotopic (exact) mass is 287 g/mol. The largest absolute Gasteiger partial charge is 0.357 e. The Morgan fingerprint density at radius 3 is 2.40 bits per heavy atom. The fourth-order valence-electron chi connectivity index (χ4n) is 1.72. The van der Waals surface area contributed by atoms with E-state index in [1.165, 1.54) is 5.56 Å². The number of thiocarbonyl (C=S) groups is 1. The Hall–Kier alpha value is -2.21. The summed E-state index contributed by atoms with van der Waals surface area (Å²) in [5.41, 5.74) is 8.74. The zero-order valence-electron chi connectivity index (χ0n) is 11.5. The maximum atomic E-state index is 5.18. The highest BCUT2D eigenvalue weighted by atomic mass is 32.1. The zero-order chi connectivity index (χ0) is 14.4. The lowest BCUT2D eigenvalue weighted by molar-refractivity contribution is 0.876. The van der Waals surface area contributed by atoms with Crippen LogP contribution in [-0.4, -0.2) is 15.1 Å². The summed E-state index contributed by atoms with van der Waals surface area (Å²) in [7, 11) is 0. The summed E-state index contributed by atoms with van der Waals surface area (Å²) in [6, 6.07) is 12.0. The molecule has 1 heterocycles. The van der Waals surface area contributed by atoms with E-state index in [1.807, 2.05) is 50.2 Å². The minimum absolute atomic E-state index is 0.497. The van der Waals surface area contributed by atoms with Crippen molar-refractivity contribution in [1.82, 2.24) is 20.7 Å². The second-order valence-corrected chi connectivity index (χ2v) is 4.80. The van der Waals surface area contributed by atoms with Gasteiger partial charge in [0.05, 0.1) is 0 Å². The first kappa shape index (κ1) is 14.2. The van der Waals surface area contributed by atoms with Crippen LogP contribution in [0.15, 0.2) is 36.4 Å². The standard InChI is InChI=1S/C14H17N5S/c1-10-8-11(2)17-13(16-10)18-19-14(20)15-9-12-6-4-3-5-7-12/h3-8H,9H2,1-2H3,(H2,15,19,20)(H,16,17,18).